The van der Waals surface area contributed by atoms with Gasteiger partial charge in [-0.3, -0.25) is 0 Å². The number of ether oxygens (including phenoxy) is 1. The Labute approximate surface area is 152 Å². The quantitative estimate of drug-likeness (QED) is 0.783. The minimum atomic E-state index is 0.259. The topological polar surface area (TPSA) is 68.1 Å². The third-order valence-electron chi connectivity index (χ3n) is 5.25. The van der Waals surface area contributed by atoms with Gasteiger partial charge >= 0.3 is 0 Å². The van der Waals surface area contributed by atoms with Crippen LogP contribution in [0.5, 0.6) is 0 Å². The lowest BCUT2D eigenvalue weighted by atomic mass is 9.99. The number of hydrogen-bond donors (Lipinski definition) is 1. The Morgan fingerprint density at radius 3 is 3.08 bits per heavy atom. The predicted octanol–water partition coefficient (Wildman–Crippen LogP) is 2.52. The summed E-state index contributed by atoms with van der Waals surface area (Å²) >= 11 is 0. The van der Waals surface area contributed by atoms with Crippen LogP contribution in [0.2, 0.25) is 0 Å². The van der Waals surface area contributed by atoms with Gasteiger partial charge in [-0.2, -0.15) is 10.1 Å². The van der Waals surface area contributed by atoms with Crippen molar-refractivity contribution < 1.29 is 4.74 Å². The van der Waals surface area contributed by atoms with E-state index in [0.29, 0.717) is 12.6 Å². The van der Waals surface area contributed by atoms with Gasteiger partial charge in [0, 0.05) is 31.6 Å². The van der Waals surface area contributed by atoms with Gasteiger partial charge in [0.2, 0.25) is 5.95 Å². The van der Waals surface area contributed by atoms with Crippen molar-refractivity contribution in [2.24, 2.45) is 0 Å². The molecule has 1 atom stereocenters. The van der Waals surface area contributed by atoms with Gasteiger partial charge in [0.25, 0.3) is 0 Å². The Hall–Kier alpha value is -2.51. The lowest BCUT2D eigenvalue weighted by Gasteiger charge is -2.25. The van der Waals surface area contributed by atoms with Gasteiger partial charge < -0.3 is 15.0 Å². The van der Waals surface area contributed by atoms with E-state index in [9.17, 15) is 0 Å². The Kier molecular flexibility index (Phi) is 3.83. The Bertz CT molecular complexity index is 946. The van der Waals surface area contributed by atoms with Crippen molar-refractivity contribution in [3.8, 4) is 0 Å². The maximum Gasteiger partial charge on any atom is 0.229 e. The molecule has 4 heterocycles. The van der Waals surface area contributed by atoms with Gasteiger partial charge in [0.05, 0.1) is 24.2 Å². The van der Waals surface area contributed by atoms with Crippen LogP contribution in [0.3, 0.4) is 0 Å². The van der Waals surface area contributed by atoms with E-state index in [1.165, 1.54) is 11.1 Å². The number of rotatable bonds is 3. The molecule has 7 nitrogen and oxygen atoms in total. The van der Waals surface area contributed by atoms with E-state index in [2.05, 4.69) is 45.5 Å². The first-order valence-electron chi connectivity index (χ1n) is 9.12. The molecule has 0 amide bonds. The van der Waals surface area contributed by atoms with Gasteiger partial charge in [-0.05, 0) is 43.1 Å². The smallest absolute Gasteiger partial charge is 0.229 e. The third kappa shape index (κ3) is 2.83. The molecular formula is C19H22N6O. The summed E-state index contributed by atoms with van der Waals surface area (Å²) in [7, 11) is 2.16. The fourth-order valence-corrected chi connectivity index (χ4v) is 3.78. The molecule has 1 saturated heterocycles. The summed E-state index contributed by atoms with van der Waals surface area (Å²) in [5.41, 5.74) is 4.69. The molecule has 26 heavy (non-hydrogen) atoms. The van der Waals surface area contributed by atoms with Gasteiger partial charge in [-0.15, -0.1) is 0 Å². The normalized spacial score (nSPS) is 20.4. The van der Waals surface area contributed by atoms with Crippen LogP contribution in [0, 0.1) is 0 Å². The van der Waals surface area contributed by atoms with Crippen LogP contribution in [0.4, 0.5) is 11.6 Å². The summed E-state index contributed by atoms with van der Waals surface area (Å²) in [6.07, 6.45) is 5.74. The second-order valence-corrected chi connectivity index (χ2v) is 7.18. The number of aromatic nitrogens is 4. The van der Waals surface area contributed by atoms with E-state index in [1.54, 1.807) is 0 Å². The van der Waals surface area contributed by atoms with Crippen molar-refractivity contribution in [3.63, 3.8) is 0 Å². The highest BCUT2D eigenvalue weighted by molar-refractivity contribution is 5.75. The molecule has 1 fully saturated rings. The van der Waals surface area contributed by atoms with Crippen LogP contribution in [0.15, 0.2) is 30.6 Å². The zero-order chi connectivity index (χ0) is 17.5. The number of likely N-dealkylation sites (N-methyl/N-ethyl adjacent to an activating group) is 1. The molecule has 1 unspecified atom stereocenters. The summed E-state index contributed by atoms with van der Waals surface area (Å²) in [6.45, 7) is 3.58. The molecule has 1 aromatic carbocycles. The highest BCUT2D eigenvalue weighted by Gasteiger charge is 2.21. The molecular weight excluding hydrogens is 328 g/mol. The lowest BCUT2D eigenvalue weighted by molar-refractivity contribution is 0.185. The standard InChI is InChI=1S/C19H22N6O/c1-24-6-4-13-2-3-16(8-14(13)11-24)22-19-20-9-15-10-21-25(18(15)23-19)17-5-7-26-12-17/h2-3,8-10,17H,4-7,11-12H2,1H3,(H,20,22,23). The molecule has 134 valence electrons. The van der Waals surface area contributed by atoms with Gasteiger partial charge in [-0.25, -0.2) is 9.67 Å². The second kappa shape index (κ2) is 6.34. The van der Waals surface area contributed by atoms with Crippen LogP contribution in [-0.4, -0.2) is 51.5 Å². The molecule has 5 rings (SSSR count). The molecule has 7 heteroatoms. The van der Waals surface area contributed by atoms with Crippen molar-refractivity contribution in [1.29, 1.82) is 0 Å². The number of benzene rings is 1. The maximum absolute atomic E-state index is 5.49. The van der Waals surface area contributed by atoms with Crippen LogP contribution in [0.25, 0.3) is 11.0 Å². The molecule has 3 aromatic rings. The zero-order valence-electron chi connectivity index (χ0n) is 14.9. The summed E-state index contributed by atoms with van der Waals surface area (Å²) < 4.78 is 7.46. The van der Waals surface area contributed by atoms with E-state index < -0.39 is 0 Å². The first kappa shape index (κ1) is 15.7. The Morgan fingerprint density at radius 2 is 2.19 bits per heavy atom. The van der Waals surface area contributed by atoms with Crippen LogP contribution in [-0.2, 0) is 17.7 Å². The van der Waals surface area contributed by atoms with Crippen molar-refractivity contribution in [2.75, 3.05) is 32.1 Å². The molecule has 2 aromatic heterocycles. The largest absolute Gasteiger partial charge is 0.379 e. The van der Waals surface area contributed by atoms with E-state index in [4.69, 9.17) is 9.72 Å². The molecule has 2 aliphatic heterocycles. The Morgan fingerprint density at radius 1 is 1.23 bits per heavy atom. The molecule has 0 radical (unpaired) electrons. The minimum absolute atomic E-state index is 0.259. The number of nitrogens with zero attached hydrogens (tertiary/aromatic N) is 5. The summed E-state index contributed by atoms with van der Waals surface area (Å²) in [5.74, 6) is 0.599. The fraction of sp³-hybridized carbons (Fsp3) is 0.421. The highest BCUT2D eigenvalue weighted by atomic mass is 16.5. The van der Waals surface area contributed by atoms with Crippen LogP contribution >= 0.6 is 0 Å². The van der Waals surface area contributed by atoms with Crippen molar-refractivity contribution in [2.45, 2.75) is 25.4 Å². The van der Waals surface area contributed by atoms with E-state index >= 15 is 0 Å². The molecule has 0 saturated carbocycles. The Balaban J connectivity index is 1.44. The molecule has 0 bridgehead atoms. The zero-order valence-corrected chi connectivity index (χ0v) is 14.9. The second-order valence-electron chi connectivity index (χ2n) is 7.18. The minimum Gasteiger partial charge on any atom is -0.379 e. The SMILES string of the molecule is CN1CCc2ccc(Nc3ncc4cnn(C5CCOC5)c4n3)cc2C1. The molecule has 2 aliphatic rings. The number of hydrogen-bond acceptors (Lipinski definition) is 6. The highest BCUT2D eigenvalue weighted by Crippen LogP contribution is 2.25. The summed E-state index contributed by atoms with van der Waals surface area (Å²) in [6, 6.07) is 6.79. The number of fused-ring (bicyclic) bond motifs is 2. The van der Waals surface area contributed by atoms with Crippen LogP contribution < -0.4 is 5.32 Å². The van der Waals surface area contributed by atoms with Crippen molar-refractivity contribution >= 4 is 22.7 Å². The van der Waals surface area contributed by atoms with E-state index in [-0.39, 0.29) is 6.04 Å². The summed E-state index contributed by atoms with van der Waals surface area (Å²) in [4.78, 5) is 11.5. The van der Waals surface area contributed by atoms with Gasteiger partial charge in [0.15, 0.2) is 5.65 Å². The predicted molar refractivity (Wildman–Crippen MR) is 99.6 cm³/mol. The average Bonchev–Trinajstić information content (AvgIpc) is 3.30. The van der Waals surface area contributed by atoms with Crippen molar-refractivity contribution in [1.82, 2.24) is 24.6 Å². The molecule has 1 N–H and O–H groups in total. The molecule has 0 aliphatic carbocycles. The van der Waals surface area contributed by atoms with Gasteiger partial charge in [-0.1, -0.05) is 6.07 Å². The fourth-order valence-electron chi connectivity index (χ4n) is 3.78. The van der Waals surface area contributed by atoms with Crippen molar-refractivity contribution in [3.05, 3.63) is 41.7 Å². The first-order valence-corrected chi connectivity index (χ1v) is 9.12. The third-order valence-corrected chi connectivity index (χ3v) is 5.25. The average molecular weight is 350 g/mol. The van der Waals surface area contributed by atoms with Crippen LogP contribution in [0.1, 0.15) is 23.6 Å². The number of nitrogens with one attached hydrogen (secondary N) is 1. The summed E-state index contributed by atoms with van der Waals surface area (Å²) in [5, 5.41) is 8.80. The number of anilines is 2. The maximum atomic E-state index is 5.49. The van der Waals surface area contributed by atoms with E-state index in [0.717, 1.165) is 49.3 Å². The lowest BCUT2D eigenvalue weighted by Crippen LogP contribution is -2.26. The monoisotopic (exact) mass is 350 g/mol. The first-order chi connectivity index (χ1) is 12.8. The van der Waals surface area contributed by atoms with Gasteiger partial charge in [0.1, 0.15) is 0 Å². The van der Waals surface area contributed by atoms with E-state index in [1.807, 2.05) is 17.1 Å². The molecule has 0 spiro atoms.